The van der Waals surface area contributed by atoms with Crippen LogP contribution in [-0.2, 0) is 27.5 Å². The molecule has 0 saturated carbocycles. The molecule has 3 amide bonds. The Morgan fingerprint density at radius 2 is 1.40 bits per heavy atom. The molecule has 42 heavy (non-hydrogen) atoms. The molecular weight excluding hydrogens is 572 g/mol. The van der Waals surface area contributed by atoms with Crippen molar-refractivity contribution in [1.82, 2.24) is 14.7 Å². The first-order chi connectivity index (χ1) is 20.1. The van der Waals surface area contributed by atoms with E-state index in [1.54, 1.807) is 9.80 Å². The minimum atomic E-state index is -0.819. The number of nitrogens with zero attached hydrogens (tertiary/aromatic N) is 6. The number of nitro groups is 2. The van der Waals surface area contributed by atoms with Gasteiger partial charge >= 0.3 is 12.2 Å². The fourth-order valence-electron chi connectivity index (χ4n) is 4.49. The van der Waals surface area contributed by atoms with Gasteiger partial charge in [-0.15, -0.1) is 0 Å². The van der Waals surface area contributed by atoms with Crippen molar-refractivity contribution in [3.05, 3.63) is 79.9 Å². The average molecular weight is 601 g/mol. The summed E-state index contributed by atoms with van der Waals surface area (Å²) < 4.78 is 10.5. The van der Waals surface area contributed by atoms with Gasteiger partial charge in [0.15, 0.2) is 0 Å². The predicted octanol–water partition coefficient (Wildman–Crippen LogP) is 3.02. The molecule has 0 aromatic heterocycles. The highest BCUT2D eigenvalue weighted by atomic mass is 32.1. The van der Waals surface area contributed by atoms with Crippen LogP contribution < -0.4 is 0 Å². The Labute approximate surface area is 245 Å². The zero-order chi connectivity index (χ0) is 30.2. The lowest BCUT2D eigenvalue weighted by atomic mass is 10.1. The van der Waals surface area contributed by atoms with Gasteiger partial charge in [-0.05, 0) is 41.8 Å². The molecule has 2 aromatic carbocycles. The number of non-ortho nitro benzene ring substituents is 2. The van der Waals surface area contributed by atoms with E-state index in [2.05, 4.69) is 17.6 Å². The molecule has 0 N–H and O–H groups in total. The van der Waals surface area contributed by atoms with Gasteiger partial charge in [-0.1, -0.05) is 0 Å². The maximum atomic E-state index is 13.3. The van der Waals surface area contributed by atoms with E-state index in [1.807, 2.05) is 0 Å². The van der Waals surface area contributed by atoms with Gasteiger partial charge in [0.05, 0.1) is 16.2 Å². The Morgan fingerprint density at radius 1 is 0.881 bits per heavy atom. The lowest BCUT2D eigenvalue weighted by Gasteiger charge is -2.36. The summed E-state index contributed by atoms with van der Waals surface area (Å²) in [5.74, 6) is -0.224. The lowest BCUT2D eigenvalue weighted by molar-refractivity contribution is -0.385. The van der Waals surface area contributed by atoms with E-state index in [4.69, 9.17) is 9.47 Å². The average Bonchev–Trinajstić information content (AvgIpc) is 3.39. The molecule has 0 bridgehead atoms. The van der Waals surface area contributed by atoms with Gasteiger partial charge in [-0.25, -0.2) is 9.59 Å². The quantitative estimate of drug-likeness (QED) is 0.156. The van der Waals surface area contributed by atoms with Crippen molar-refractivity contribution in [3.63, 3.8) is 0 Å². The third-order valence-corrected chi connectivity index (χ3v) is 7.14. The number of aliphatic imine (C=N–C) groups is 1. The maximum absolute atomic E-state index is 13.3. The second-order valence-corrected chi connectivity index (χ2v) is 10.4. The van der Waals surface area contributed by atoms with E-state index in [1.165, 1.54) is 59.8 Å². The summed E-state index contributed by atoms with van der Waals surface area (Å²) in [6, 6.07) is 10.5. The molecule has 15 nitrogen and oxygen atoms in total. The number of piperazine rings is 1. The highest BCUT2D eigenvalue weighted by Crippen LogP contribution is 2.25. The van der Waals surface area contributed by atoms with E-state index in [0.717, 1.165) is 0 Å². The van der Waals surface area contributed by atoms with Crippen LogP contribution in [-0.4, -0.2) is 93.0 Å². The number of hydrogen-bond donors (Lipinski definition) is 1. The Hall–Kier alpha value is -4.73. The molecule has 222 valence electrons. The van der Waals surface area contributed by atoms with Gasteiger partial charge in [-0.2, -0.15) is 17.6 Å². The number of ether oxygens (including phenoxy) is 2. The summed E-state index contributed by atoms with van der Waals surface area (Å²) in [6.07, 6.45) is 0.236. The van der Waals surface area contributed by atoms with Crippen LogP contribution in [0.5, 0.6) is 0 Å². The smallest absolute Gasteiger partial charge is 0.435 e. The number of likely N-dealkylation sites (tertiary alicyclic amines) is 1. The fourth-order valence-corrected chi connectivity index (χ4v) is 4.86. The number of carbonyl (C=O) groups excluding carboxylic acids is 3. The first-order valence-corrected chi connectivity index (χ1v) is 13.4. The highest BCUT2D eigenvalue weighted by Gasteiger charge is 2.41. The minimum Gasteiger partial charge on any atom is -0.445 e. The molecule has 2 aliphatic rings. The summed E-state index contributed by atoms with van der Waals surface area (Å²) in [7, 11) is 0. The molecule has 0 aliphatic carbocycles. The van der Waals surface area contributed by atoms with Crippen LogP contribution in [0.1, 0.15) is 17.5 Å². The van der Waals surface area contributed by atoms with E-state index in [0.29, 0.717) is 43.7 Å². The second-order valence-electron chi connectivity index (χ2n) is 9.62. The molecule has 2 aliphatic heterocycles. The first-order valence-electron chi connectivity index (χ1n) is 12.9. The molecule has 0 radical (unpaired) electrons. The number of amides is 3. The fraction of sp³-hybridized carbons (Fsp3) is 0.385. The first kappa shape index (κ1) is 30.2. The summed E-state index contributed by atoms with van der Waals surface area (Å²) in [6.45, 7) is 1.58. The molecule has 0 spiro atoms. The van der Waals surface area contributed by atoms with E-state index >= 15 is 0 Å². The molecule has 2 aromatic rings. The zero-order valence-electron chi connectivity index (χ0n) is 22.3. The topological polar surface area (TPSA) is 178 Å². The van der Waals surface area contributed by atoms with Crippen LogP contribution in [0, 0.1) is 20.2 Å². The largest absolute Gasteiger partial charge is 0.445 e. The number of hydrogen-bond acceptors (Lipinski definition) is 10. The van der Waals surface area contributed by atoms with Crippen LogP contribution >= 0.6 is 12.6 Å². The summed E-state index contributed by atoms with van der Waals surface area (Å²) in [5.41, 5.74) is 1.02. The SMILES string of the molecule is O=C(N=CN1CCN(C(=O)[C@@H]2C[C@H](S)CN2C(=O)OCc2ccc([N+](=O)[O-])cc2)CC1)OCc1ccc([N+](=O)[O-])cc1. The van der Waals surface area contributed by atoms with Gasteiger partial charge in [0.25, 0.3) is 11.4 Å². The Kier molecular flexibility index (Phi) is 9.90. The second kappa shape index (κ2) is 13.8. The van der Waals surface area contributed by atoms with Crippen LogP contribution in [0.2, 0.25) is 0 Å². The standard InChI is InChI=1S/C26H28N6O9S/c33-24(23-13-22(42)14-30(23)26(35)41-16-19-3-7-21(8-4-19)32(38)39)29-11-9-28(10-12-29)17-27-25(34)40-15-18-1-5-20(6-2-18)31(36)37/h1-8,17,22-23,42H,9-16H2/t22-,23-/m0/s1. The van der Waals surface area contributed by atoms with Gasteiger partial charge in [0, 0.05) is 62.2 Å². The van der Waals surface area contributed by atoms with Crippen molar-refractivity contribution in [3.8, 4) is 0 Å². The van der Waals surface area contributed by atoms with Crippen molar-refractivity contribution in [1.29, 1.82) is 0 Å². The molecule has 2 atom stereocenters. The lowest BCUT2D eigenvalue weighted by Crippen LogP contribution is -2.54. The number of benzene rings is 2. The van der Waals surface area contributed by atoms with E-state index in [-0.39, 0.29) is 42.3 Å². The number of carbonyl (C=O) groups is 3. The van der Waals surface area contributed by atoms with Crippen LogP contribution in [0.15, 0.2) is 53.5 Å². The summed E-state index contributed by atoms with van der Waals surface area (Å²) >= 11 is 4.47. The van der Waals surface area contributed by atoms with Crippen molar-refractivity contribution < 1.29 is 33.7 Å². The summed E-state index contributed by atoms with van der Waals surface area (Å²) in [4.78, 5) is 67.2. The predicted molar refractivity (Wildman–Crippen MR) is 151 cm³/mol. The van der Waals surface area contributed by atoms with Crippen molar-refractivity contribution in [2.45, 2.75) is 30.9 Å². The molecule has 2 heterocycles. The Balaban J connectivity index is 1.22. The van der Waals surface area contributed by atoms with E-state index < -0.39 is 28.1 Å². The molecular formula is C26H28N6O9S. The third kappa shape index (κ3) is 7.93. The number of thiol groups is 1. The van der Waals surface area contributed by atoms with E-state index in [9.17, 15) is 34.6 Å². The number of rotatable bonds is 8. The van der Waals surface area contributed by atoms with Crippen LogP contribution in [0.4, 0.5) is 21.0 Å². The van der Waals surface area contributed by atoms with Gasteiger partial charge < -0.3 is 19.3 Å². The highest BCUT2D eigenvalue weighted by molar-refractivity contribution is 7.81. The van der Waals surface area contributed by atoms with Crippen LogP contribution in [0.3, 0.4) is 0 Å². The summed E-state index contributed by atoms with van der Waals surface area (Å²) in [5, 5.41) is 21.3. The molecule has 4 rings (SSSR count). The van der Waals surface area contributed by atoms with Gasteiger partial charge in [0.1, 0.15) is 19.3 Å². The Morgan fingerprint density at radius 3 is 1.93 bits per heavy atom. The van der Waals surface area contributed by atoms with Crippen molar-refractivity contribution in [2.75, 3.05) is 32.7 Å². The molecule has 0 unspecified atom stereocenters. The minimum absolute atomic E-state index is 0.0635. The maximum Gasteiger partial charge on any atom is 0.435 e. The molecule has 2 fully saturated rings. The normalized spacial score (nSPS) is 18.6. The molecule has 16 heteroatoms. The monoisotopic (exact) mass is 600 g/mol. The van der Waals surface area contributed by atoms with Gasteiger partial charge in [0.2, 0.25) is 5.91 Å². The van der Waals surface area contributed by atoms with Crippen LogP contribution in [0.25, 0.3) is 0 Å². The van der Waals surface area contributed by atoms with Crippen molar-refractivity contribution in [2.24, 2.45) is 4.99 Å². The number of nitro benzene ring substituents is 2. The Bertz CT molecular complexity index is 1350. The zero-order valence-corrected chi connectivity index (χ0v) is 23.2. The van der Waals surface area contributed by atoms with Gasteiger partial charge in [-0.3, -0.25) is 29.9 Å². The third-order valence-electron chi connectivity index (χ3n) is 6.77. The molecule has 2 saturated heterocycles. The van der Waals surface area contributed by atoms with Crippen molar-refractivity contribution >= 4 is 48.4 Å².